The van der Waals surface area contributed by atoms with Crippen LogP contribution in [0, 0.1) is 0 Å². The predicted molar refractivity (Wildman–Crippen MR) is 83.2 cm³/mol. The number of likely N-dealkylation sites (N-methyl/N-ethyl adjacent to an activating group) is 1. The van der Waals surface area contributed by atoms with Gasteiger partial charge in [-0.2, -0.15) is 4.31 Å². The average Bonchev–Trinajstić information content (AvgIpc) is 2.47. The van der Waals surface area contributed by atoms with Crippen LogP contribution in [-0.4, -0.2) is 55.3 Å². The van der Waals surface area contributed by atoms with Crippen molar-refractivity contribution in [3.05, 3.63) is 29.8 Å². The van der Waals surface area contributed by atoms with Gasteiger partial charge in [0.2, 0.25) is 10.0 Å². The molecule has 0 bridgehead atoms. The molecule has 0 aromatic heterocycles. The van der Waals surface area contributed by atoms with E-state index in [9.17, 15) is 8.42 Å². The Bertz CT molecular complexity index is 593. The zero-order valence-electron chi connectivity index (χ0n) is 11.4. The zero-order valence-corrected chi connectivity index (χ0v) is 13.1. The lowest BCUT2D eigenvalue weighted by Gasteiger charge is -2.33. The van der Waals surface area contributed by atoms with E-state index in [4.69, 9.17) is 18.0 Å². The standard InChI is InChI=1S/C13H19N3O2S2/c1-2-15-6-8-16(9-7-15)20(17,18)12-5-3-4-11(10-12)13(14)19/h3-5,10H,2,6-9H2,1H3,(H2,14,19). The van der Waals surface area contributed by atoms with Gasteiger partial charge in [-0.15, -0.1) is 0 Å². The Morgan fingerprint density at radius 2 is 1.95 bits per heavy atom. The molecule has 1 saturated heterocycles. The number of hydrogen-bond acceptors (Lipinski definition) is 4. The second-order valence-electron chi connectivity index (χ2n) is 4.73. The highest BCUT2D eigenvalue weighted by Crippen LogP contribution is 2.18. The van der Waals surface area contributed by atoms with Gasteiger partial charge >= 0.3 is 0 Å². The number of sulfonamides is 1. The first-order valence-corrected chi connectivity index (χ1v) is 8.42. The van der Waals surface area contributed by atoms with Crippen molar-refractivity contribution in [1.29, 1.82) is 0 Å². The van der Waals surface area contributed by atoms with Crippen LogP contribution < -0.4 is 5.73 Å². The molecule has 1 aliphatic rings. The summed E-state index contributed by atoms with van der Waals surface area (Å²) >= 11 is 4.89. The van der Waals surface area contributed by atoms with Gasteiger partial charge in [-0.3, -0.25) is 0 Å². The summed E-state index contributed by atoms with van der Waals surface area (Å²) in [5.74, 6) is 0. The smallest absolute Gasteiger partial charge is 0.243 e. The predicted octanol–water partition coefficient (Wildman–Crippen LogP) is 0.647. The quantitative estimate of drug-likeness (QED) is 0.827. The summed E-state index contributed by atoms with van der Waals surface area (Å²) in [6.45, 7) is 5.61. The van der Waals surface area contributed by atoms with Crippen molar-refractivity contribution in [2.24, 2.45) is 5.73 Å². The van der Waals surface area contributed by atoms with Crippen molar-refractivity contribution in [3.63, 3.8) is 0 Å². The summed E-state index contributed by atoms with van der Waals surface area (Å²) in [5, 5.41) is 0. The minimum atomic E-state index is -3.46. The summed E-state index contributed by atoms with van der Waals surface area (Å²) < 4.78 is 26.7. The second kappa shape index (κ2) is 6.17. The maximum absolute atomic E-state index is 12.6. The maximum Gasteiger partial charge on any atom is 0.243 e. The lowest BCUT2D eigenvalue weighted by molar-refractivity contribution is 0.196. The Balaban J connectivity index is 2.23. The highest BCUT2D eigenvalue weighted by Gasteiger charge is 2.28. The molecule has 0 saturated carbocycles. The van der Waals surface area contributed by atoms with Crippen LogP contribution in [0.15, 0.2) is 29.2 Å². The van der Waals surface area contributed by atoms with Crippen LogP contribution in [0.3, 0.4) is 0 Å². The van der Waals surface area contributed by atoms with Gasteiger partial charge in [-0.05, 0) is 18.7 Å². The highest BCUT2D eigenvalue weighted by molar-refractivity contribution is 7.89. The van der Waals surface area contributed by atoms with Crippen LogP contribution in [0.25, 0.3) is 0 Å². The Kier molecular flexibility index (Phi) is 4.74. The van der Waals surface area contributed by atoms with Crippen LogP contribution in [0.1, 0.15) is 12.5 Å². The van der Waals surface area contributed by atoms with Crippen molar-refractivity contribution in [2.75, 3.05) is 32.7 Å². The van der Waals surface area contributed by atoms with Gasteiger partial charge in [-0.25, -0.2) is 8.42 Å². The summed E-state index contributed by atoms with van der Waals surface area (Å²) in [7, 11) is -3.46. The molecule has 0 aliphatic carbocycles. The third kappa shape index (κ3) is 3.17. The molecule has 0 radical (unpaired) electrons. The molecule has 0 amide bonds. The minimum absolute atomic E-state index is 0.206. The molecule has 1 aromatic rings. The largest absolute Gasteiger partial charge is 0.389 e. The van der Waals surface area contributed by atoms with Crippen molar-refractivity contribution < 1.29 is 8.42 Å². The number of nitrogens with two attached hydrogens (primary N) is 1. The van der Waals surface area contributed by atoms with E-state index in [1.807, 2.05) is 0 Å². The van der Waals surface area contributed by atoms with E-state index >= 15 is 0 Å². The number of rotatable bonds is 4. The van der Waals surface area contributed by atoms with Crippen molar-refractivity contribution in [1.82, 2.24) is 9.21 Å². The van der Waals surface area contributed by atoms with Crippen molar-refractivity contribution in [2.45, 2.75) is 11.8 Å². The molecule has 0 unspecified atom stereocenters. The fourth-order valence-corrected chi connectivity index (χ4v) is 3.84. The third-order valence-electron chi connectivity index (χ3n) is 3.53. The third-order valence-corrected chi connectivity index (χ3v) is 5.67. The van der Waals surface area contributed by atoms with E-state index in [0.717, 1.165) is 19.6 Å². The van der Waals surface area contributed by atoms with E-state index in [2.05, 4.69) is 11.8 Å². The maximum atomic E-state index is 12.6. The highest BCUT2D eigenvalue weighted by atomic mass is 32.2. The monoisotopic (exact) mass is 313 g/mol. The van der Waals surface area contributed by atoms with Gasteiger partial charge in [-0.1, -0.05) is 31.3 Å². The lowest BCUT2D eigenvalue weighted by Crippen LogP contribution is -2.48. The fourth-order valence-electron chi connectivity index (χ4n) is 2.24. The van der Waals surface area contributed by atoms with Crippen molar-refractivity contribution in [3.8, 4) is 0 Å². The number of hydrogen-bond donors (Lipinski definition) is 1. The second-order valence-corrected chi connectivity index (χ2v) is 7.11. The molecule has 1 aromatic carbocycles. The molecule has 1 heterocycles. The molecular formula is C13H19N3O2S2. The van der Waals surface area contributed by atoms with Crippen LogP contribution in [0.2, 0.25) is 0 Å². The molecule has 1 fully saturated rings. The molecule has 7 heteroatoms. The molecule has 1 aliphatic heterocycles. The topological polar surface area (TPSA) is 66.6 Å². The van der Waals surface area contributed by atoms with Gasteiger partial charge in [0.1, 0.15) is 4.99 Å². The normalized spacial score (nSPS) is 18.1. The summed E-state index contributed by atoms with van der Waals surface area (Å²) in [4.78, 5) is 2.70. The molecule has 0 atom stereocenters. The molecule has 5 nitrogen and oxygen atoms in total. The molecule has 0 spiro atoms. The van der Waals surface area contributed by atoms with E-state index in [1.54, 1.807) is 24.3 Å². The molecular weight excluding hydrogens is 294 g/mol. The SMILES string of the molecule is CCN1CCN(S(=O)(=O)c2cccc(C(N)=S)c2)CC1. The van der Waals surface area contributed by atoms with Gasteiger partial charge in [0.05, 0.1) is 4.90 Å². The van der Waals surface area contributed by atoms with Crippen LogP contribution in [0.4, 0.5) is 0 Å². The van der Waals surface area contributed by atoms with Crippen LogP contribution >= 0.6 is 12.2 Å². The Morgan fingerprint density at radius 3 is 2.50 bits per heavy atom. The first-order valence-electron chi connectivity index (χ1n) is 6.57. The van der Waals surface area contributed by atoms with E-state index in [-0.39, 0.29) is 9.88 Å². The van der Waals surface area contributed by atoms with Gasteiger partial charge in [0.15, 0.2) is 0 Å². The molecule has 20 heavy (non-hydrogen) atoms. The van der Waals surface area contributed by atoms with E-state index in [0.29, 0.717) is 18.7 Å². The lowest BCUT2D eigenvalue weighted by atomic mass is 10.2. The van der Waals surface area contributed by atoms with Gasteiger partial charge in [0, 0.05) is 31.7 Å². The Morgan fingerprint density at radius 1 is 1.30 bits per heavy atom. The number of benzene rings is 1. The van der Waals surface area contributed by atoms with E-state index in [1.165, 1.54) is 4.31 Å². The number of piperazine rings is 1. The summed E-state index contributed by atoms with van der Waals surface area (Å²) in [6.07, 6.45) is 0. The Hall–Kier alpha value is -1.02. The van der Waals surface area contributed by atoms with Crippen LogP contribution in [-0.2, 0) is 10.0 Å². The Labute approximate surface area is 125 Å². The fraction of sp³-hybridized carbons (Fsp3) is 0.462. The molecule has 2 rings (SSSR count). The van der Waals surface area contributed by atoms with Crippen LogP contribution in [0.5, 0.6) is 0 Å². The summed E-state index contributed by atoms with van der Waals surface area (Å²) in [6, 6.07) is 6.52. The molecule has 110 valence electrons. The van der Waals surface area contributed by atoms with Crippen molar-refractivity contribution >= 4 is 27.2 Å². The first kappa shape index (κ1) is 15.4. The first-order chi connectivity index (χ1) is 9.45. The van der Waals surface area contributed by atoms with Gasteiger partial charge < -0.3 is 10.6 Å². The summed E-state index contributed by atoms with van der Waals surface area (Å²) in [5.41, 5.74) is 6.13. The van der Waals surface area contributed by atoms with Gasteiger partial charge in [0.25, 0.3) is 0 Å². The number of thiocarbonyl (C=S) groups is 1. The zero-order chi connectivity index (χ0) is 14.8. The molecule has 2 N–H and O–H groups in total. The van der Waals surface area contributed by atoms with E-state index < -0.39 is 10.0 Å². The minimum Gasteiger partial charge on any atom is -0.389 e. The number of nitrogens with zero attached hydrogens (tertiary/aromatic N) is 2. The average molecular weight is 313 g/mol.